The van der Waals surface area contributed by atoms with Gasteiger partial charge >= 0.3 is 18.1 Å². The van der Waals surface area contributed by atoms with E-state index in [2.05, 4.69) is 43.7 Å². The molecule has 0 aliphatic carbocycles. The van der Waals surface area contributed by atoms with Crippen LogP contribution in [-0.4, -0.2) is 147 Å². The number of primary amides is 1. The first-order chi connectivity index (χ1) is 47.3. The Bertz CT molecular complexity index is 4040. The molecule has 9 rings (SSSR count). The van der Waals surface area contributed by atoms with Crippen molar-refractivity contribution in [2.75, 3.05) is 83.3 Å². The van der Waals surface area contributed by atoms with Crippen molar-refractivity contribution in [1.82, 2.24) is 36.1 Å². The van der Waals surface area contributed by atoms with E-state index in [0.29, 0.717) is 82.5 Å². The van der Waals surface area contributed by atoms with Gasteiger partial charge in [0.05, 0.1) is 101 Å². The lowest BCUT2D eigenvalue weighted by atomic mass is 9.86. The molecule has 0 fully saturated rings. The van der Waals surface area contributed by atoms with Crippen molar-refractivity contribution in [1.29, 1.82) is 0 Å². The fraction of sp³-hybridized carbons (Fsp3) is 0.408. The van der Waals surface area contributed by atoms with Gasteiger partial charge in [-0.2, -0.15) is 0 Å². The van der Waals surface area contributed by atoms with E-state index in [0.717, 1.165) is 16.7 Å². The number of methoxy groups -OCH3 is 1. The minimum absolute atomic E-state index is 0.0159. The molecule has 27 nitrogen and oxygen atoms in total. The second-order valence-corrected chi connectivity index (χ2v) is 23.8. The van der Waals surface area contributed by atoms with Gasteiger partial charge in [-0.1, -0.05) is 75.1 Å². The number of cyclic esters (lactones) is 1. The van der Waals surface area contributed by atoms with Gasteiger partial charge in [-0.05, 0) is 96.5 Å². The van der Waals surface area contributed by atoms with Gasteiger partial charge in [0.15, 0.2) is 5.60 Å². The van der Waals surface area contributed by atoms with Gasteiger partial charge in [0.25, 0.3) is 5.56 Å². The number of aromatic nitrogens is 2. The van der Waals surface area contributed by atoms with Crippen LogP contribution >= 0.6 is 0 Å². The summed E-state index contributed by atoms with van der Waals surface area (Å²) in [5.41, 5.74) is 10.0. The number of carbonyl (C=O) groups is 8. The highest BCUT2D eigenvalue weighted by Gasteiger charge is 2.46. The normalized spacial score (nSPS) is 14.6. The van der Waals surface area contributed by atoms with E-state index in [4.69, 9.17) is 43.9 Å². The number of hydrogen-bond acceptors (Lipinski definition) is 18. The molecule has 4 aromatic carbocycles. The zero-order chi connectivity index (χ0) is 69.7. The Morgan fingerprint density at radius 3 is 2.14 bits per heavy atom. The first-order valence-electron chi connectivity index (χ1n) is 32.5. The van der Waals surface area contributed by atoms with Gasteiger partial charge in [-0.15, -0.1) is 0 Å². The van der Waals surface area contributed by atoms with Crippen molar-refractivity contribution >= 4 is 69.9 Å². The fourth-order valence-electron chi connectivity index (χ4n) is 11.4. The first-order valence-corrected chi connectivity index (χ1v) is 32.5. The topological polar surface area (TPSA) is 358 Å². The minimum atomic E-state index is -2.01. The fourth-order valence-corrected chi connectivity index (χ4v) is 11.4. The molecule has 3 aliphatic rings. The van der Waals surface area contributed by atoms with Crippen molar-refractivity contribution in [2.24, 2.45) is 11.7 Å². The first kappa shape index (κ1) is 72.0. The molecule has 9 N–H and O–H groups in total. The number of nitrogens with two attached hydrogens (primary N) is 1. The Kier molecular flexibility index (Phi) is 25.4. The van der Waals surface area contributed by atoms with Gasteiger partial charge in [0.1, 0.15) is 31.0 Å². The molecular weight excluding hydrogens is 1260 g/mol. The Labute approximate surface area is 566 Å². The highest BCUT2D eigenvalue weighted by Crippen LogP contribution is 2.41. The highest BCUT2D eigenvalue weighted by molar-refractivity contribution is 5.99. The number of anilines is 2. The monoisotopic (exact) mass is 1350 g/mol. The second-order valence-electron chi connectivity index (χ2n) is 23.8. The van der Waals surface area contributed by atoms with Gasteiger partial charge in [0.2, 0.25) is 29.5 Å². The van der Waals surface area contributed by atoms with Crippen molar-refractivity contribution < 1.29 is 76.6 Å². The standard InChI is InChI=1S/C71H82N10O17/c1-5-71(91)55-38-59-64-53(41-81(59)67(87)54(55)43-97-68(71)88)52(51-37-50(92-4)22-23-56(51)77-64)39-75-70(90)98-42-45-16-20-49(21-17-45)76-65(85)57(14-10-27-74-69(72)89)78-66(86)63(44(2)3)79-61(83)26-29-93-31-33-95-35-36-96-34-32-94-30-28-73-60(82)24-25-62(84)80-40-48-13-7-6-11-46(48)18-19-47-12-8-9-15-58(47)80/h6-9,11-13,15-17,20-23,37-38,44,57,63,91H,5,10,14,24-36,39-43H2,1-4H3,(H,73,82)(H,75,90)(H,76,85)(H,78,86)(H,79,83)(H3,72,74,89)/t57-,63-,71-/m0/s1. The number of hydrogen-bond donors (Lipinski definition) is 8. The van der Waals surface area contributed by atoms with E-state index < -0.39 is 59.1 Å². The molecule has 5 heterocycles. The number of carbonyl (C=O) groups excluding carboxylic acids is 8. The van der Waals surface area contributed by atoms with Crippen molar-refractivity contribution in [3.63, 3.8) is 0 Å². The van der Waals surface area contributed by atoms with Crippen LogP contribution in [0.25, 0.3) is 22.3 Å². The molecule has 0 spiro atoms. The van der Waals surface area contributed by atoms with E-state index in [-0.39, 0.29) is 140 Å². The van der Waals surface area contributed by atoms with Gasteiger partial charge in [0, 0.05) is 72.2 Å². The number of rotatable bonds is 34. The highest BCUT2D eigenvalue weighted by atomic mass is 16.6. The molecule has 3 aliphatic heterocycles. The quantitative estimate of drug-likeness (QED) is 0.0152. The summed E-state index contributed by atoms with van der Waals surface area (Å²) in [5.74, 6) is 3.63. The Morgan fingerprint density at radius 2 is 1.43 bits per heavy atom. The van der Waals surface area contributed by atoms with Gasteiger partial charge in [-0.25, -0.2) is 19.4 Å². The van der Waals surface area contributed by atoms with Gasteiger partial charge < -0.3 is 85.4 Å². The Morgan fingerprint density at radius 1 is 0.735 bits per heavy atom. The smallest absolute Gasteiger partial charge is 0.407 e. The van der Waals surface area contributed by atoms with Crippen molar-refractivity contribution in [3.05, 3.63) is 152 Å². The largest absolute Gasteiger partial charge is 0.497 e. The molecule has 0 saturated heterocycles. The lowest BCUT2D eigenvalue weighted by Crippen LogP contribution is -2.54. The predicted molar refractivity (Wildman–Crippen MR) is 359 cm³/mol. The SMILES string of the molecule is CC[C@@]1(O)C(=O)OCc2c1cc1n(c2=O)Cc2c-1nc1ccc(OC)cc1c2CNC(=O)OCc1ccc(NC(=O)[C@H](CCCNC(N)=O)NC(=O)[C@@H](NC(=O)CCOCCOCCOCCOCCNC(=O)CCC(=O)N2Cc3ccccc3C#Cc3ccccc32)C(C)C)cc1. The molecule has 27 heteroatoms. The molecule has 8 amide bonds. The third-order valence-electron chi connectivity index (χ3n) is 16.8. The van der Waals surface area contributed by atoms with Gasteiger partial charge in [-0.3, -0.25) is 28.8 Å². The number of para-hydroxylation sites is 1. The molecule has 518 valence electrons. The van der Waals surface area contributed by atoms with E-state index in [1.165, 1.54) is 11.7 Å². The summed E-state index contributed by atoms with van der Waals surface area (Å²) in [4.78, 5) is 125. The van der Waals surface area contributed by atoms with Crippen LogP contribution in [0, 0.1) is 17.8 Å². The summed E-state index contributed by atoms with van der Waals surface area (Å²) in [5, 5.41) is 28.4. The van der Waals surface area contributed by atoms with Crippen LogP contribution in [0.2, 0.25) is 0 Å². The molecule has 0 saturated carbocycles. The average Bonchev–Trinajstić information content (AvgIpc) is 1.52. The summed E-state index contributed by atoms with van der Waals surface area (Å²) in [6, 6.07) is 25.7. The lowest BCUT2D eigenvalue weighted by molar-refractivity contribution is -0.172. The van der Waals surface area contributed by atoms with Crippen LogP contribution in [0.5, 0.6) is 5.75 Å². The van der Waals surface area contributed by atoms with Crippen LogP contribution in [0.15, 0.2) is 102 Å². The predicted octanol–water partition coefficient (Wildman–Crippen LogP) is 4.83. The Hall–Kier alpha value is -10.2. The number of nitrogens with one attached hydrogen (secondary N) is 6. The number of fused-ring (bicyclic) bond motifs is 7. The average molecular weight is 1350 g/mol. The summed E-state index contributed by atoms with van der Waals surface area (Å²) >= 11 is 0. The number of ether oxygens (including phenoxy) is 7. The summed E-state index contributed by atoms with van der Waals surface area (Å²) in [7, 11) is 1.52. The maximum absolute atomic E-state index is 13.9. The van der Waals surface area contributed by atoms with E-state index in [9.17, 15) is 48.3 Å². The van der Waals surface area contributed by atoms with E-state index in [1.54, 1.807) is 74.2 Å². The lowest BCUT2D eigenvalue weighted by Gasteiger charge is -2.31. The van der Waals surface area contributed by atoms with E-state index in [1.807, 2.05) is 48.5 Å². The van der Waals surface area contributed by atoms with Crippen molar-refractivity contribution in [2.45, 2.75) is 110 Å². The molecule has 0 bridgehead atoms. The molecule has 6 aromatic rings. The molecule has 3 atom stereocenters. The maximum atomic E-state index is 13.9. The Balaban J connectivity index is 0.652. The number of nitrogens with zero attached hydrogens (tertiary/aromatic N) is 3. The number of pyridine rings is 2. The molecular formula is C71H82N10O17. The number of urea groups is 1. The third-order valence-corrected chi connectivity index (χ3v) is 16.8. The maximum Gasteiger partial charge on any atom is 0.407 e. The zero-order valence-corrected chi connectivity index (χ0v) is 55.2. The van der Waals surface area contributed by atoms with Crippen LogP contribution in [0.4, 0.5) is 21.0 Å². The second kappa shape index (κ2) is 34.6. The summed E-state index contributed by atoms with van der Waals surface area (Å²) < 4.78 is 40.2. The van der Waals surface area contributed by atoms with Crippen LogP contribution in [0.3, 0.4) is 0 Å². The minimum Gasteiger partial charge on any atom is -0.497 e. The van der Waals surface area contributed by atoms with E-state index >= 15 is 0 Å². The molecule has 2 aromatic heterocycles. The number of amides is 8. The molecule has 0 unspecified atom stereocenters. The number of alkyl carbamates (subject to hydrolysis) is 1. The third kappa shape index (κ3) is 18.6. The zero-order valence-electron chi connectivity index (χ0n) is 55.2. The van der Waals surface area contributed by atoms with Crippen LogP contribution in [0.1, 0.15) is 104 Å². The summed E-state index contributed by atoms with van der Waals surface area (Å²) in [6.07, 6.45) is -0.424. The van der Waals surface area contributed by atoms with Crippen LogP contribution < -0.4 is 52.8 Å². The molecule has 98 heavy (non-hydrogen) atoms. The van der Waals surface area contributed by atoms with Crippen molar-refractivity contribution in [3.8, 4) is 29.0 Å². The summed E-state index contributed by atoms with van der Waals surface area (Å²) in [6.45, 7) is 7.41. The number of esters is 1. The number of benzene rings is 4. The van der Waals surface area contributed by atoms with Crippen LogP contribution in [-0.2, 0) is 95.6 Å². The number of aliphatic hydroxyl groups is 1. The molecule has 0 radical (unpaired) electrons.